The summed E-state index contributed by atoms with van der Waals surface area (Å²) in [6.07, 6.45) is 1.70. The number of carbonyl (C=O) groups is 1. The van der Waals surface area contributed by atoms with E-state index >= 15 is 0 Å². The van der Waals surface area contributed by atoms with Crippen LogP contribution >= 0.6 is 34.7 Å². The normalized spacial score (nSPS) is 16.2. The average molecular weight is 411 g/mol. The minimum absolute atomic E-state index is 0.0302. The van der Waals surface area contributed by atoms with Crippen LogP contribution in [-0.2, 0) is 11.3 Å². The van der Waals surface area contributed by atoms with Crippen LogP contribution in [0.2, 0.25) is 5.02 Å². The minimum atomic E-state index is 0.0302. The third-order valence-electron chi connectivity index (χ3n) is 4.28. The van der Waals surface area contributed by atoms with Crippen LogP contribution in [0.5, 0.6) is 0 Å². The molecule has 1 aromatic carbocycles. The summed E-state index contributed by atoms with van der Waals surface area (Å²) >= 11 is 9.34. The second kappa shape index (κ2) is 9.17. The molecule has 1 saturated heterocycles. The van der Waals surface area contributed by atoms with E-state index in [2.05, 4.69) is 40.3 Å². The molecule has 1 aliphatic rings. The van der Waals surface area contributed by atoms with E-state index in [0.29, 0.717) is 10.4 Å². The van der Waals surface area contributed by atoms with Crippen molar-refractivity contribution in [2.75, 3.05) is 18.4 Å². The fourth-order valence-corrected chi connectivity index (χ4v) is 5.11. The molecular weight excluding hydrogens is 388 g/mol. The lowest BCUT2D eigenvalue weighted by Crippen LogP contribution is -2.37. The number of halogens is 1. The van der Waals surface area contributed by atoms with Crippen LogP contribution in [0, 0.1) is 5.92 Å². The number of hydrogen-bond acceptors (Lipinski definition) is 6. The van der Waals surface area contributed by atoms with Gasteiger partial charge in [0, 0.05) is 22.7 Å². The Bertz CT molecular complexity index is 744. The van der Waals surface area contributed by atoms with Crippen LogP contribution in [0.25, 0.3) is 0 Å². The zero-order valence-electron chi connectivity index (χ0n) is 14.9. The molecule has 0 aliphatic carbocycles. The van der Waals surface area contributed by atoms with Crippen molar-refractivity contribution in [2.45, 2.75) is 42.8 Å². The summed E-state index contributed by atoms with van der Waals surface area (Å²) in [6, 6.07) is 7.94. The molecule has 2 aromatic rings. The van der Waals surface area contributed by atoms with E-state index in [-0.39, 0.29) is 11.8 Å². The molecule has 1 amide bonds. The Morgan fingerprint density at radius 2 is 2.08 bits per heavy atom. The first kappa shape index (κ1) is 19.6. The molecule has 0 bridgehead atoms. The third kappa shape index (κ3) is 5.42. The van der Waals surface area contributed by atoms with Gasteiger partial charge in [-0.3, -0.25) is 9.69 Å². The Morgan fingerprint density at radius 1 is 1.35 bits per heavy atom. The molecule has 1 N–H and O–H groups in total. The SMILES string of the molecule is CC(C)Sc1nnc(NC(=O)C2CCN(Cc3ccccc3Cl)CC2)s1. The third-order valence-corrected chi connectivity index (χ3v) is 6.58. The van der Waals surface area contributed by atoms with E-state index in [9.17, 15) is 4.79 Å². The molecule has 8 heteroatoms. The maximum atomic E-state index is 12.5. The van der Waals surface area contributed by atoms with E-state index in [0.717, 1.165) is 47.4 Å². The summed E-state index contributed by atoms with van der Waals surface area (Å²) in [4.78, 5) is 14.9. The summed E-state index contributed by atoms with van der Waals surface area (Å²) in [7, 11) is 0. The van der Waals surface area contributed by atoms with Gasteiger partial charge >= 0.3 is 0 Å². The standard InChI is InChI=1S/C18H23ClN4OS2/c1-12(2)25-18-22-21-17(26-18)20-16(24)13-7-9-23(10-8-13)11-14-5-3-4-6-15(14)19/h3-6,12-13H,7-11H2,1-2H3,(H,20,21,24). The first-order valence-corrected chi connectivity index (χ1v) is 10.9. The highest BCUT2D eigenvalue weighted by Gasteiger charge is 2.26. The number of nitrogens with one attached hydrogen (secondary N) is 1. The second-order valence-corrected chi connectivity index (χ2v) is 9.88. The molecule has 0 atom stereocenters. The van der Waals surface area contributed by atoms with Crippen molar-refractivity contribution in [2.24, 2.45) is 5.92 Å². The summed E-state index contributed by atoms with van der Waals surface area (Å²) < 4.78 is 0.893. The monoisotopic (exact) mass is 410 g/mol. The molecule has 0 radical (unpaired) electrons. The summed E-state index contributed by atoms with van der Waals surface area (Å²) in [6.45, 7) is 6.85. The first-order chi connectivity index (χ1) is 12.5. The molecule has 1 aromatic heterocycles. The van der Waals surface area contributed by atoms with E-state index in [1.165, 1.54) is 11.3 Å². The molecule has 1 fully saturated rings. The van der Waals surface area contributed by atoms with Gasteiger partial charge in [0.05, 0.1) is 0 Å². The van der Waals surface area contributed by atoms with Gasteiger partial charge in [0.25, 0.3) is 0 Å². The van der Waals surface area contributed by atoms with Crippen LogP contribution < -0.4 is 5.32 Å². The first-order valence-electron chi connectivity index (χ1n) is 8.78. The van der Waals surface area contributed by atoms with Gasteiger partial charge < -0.3 is 5.32 Å². The van der Waals surface area contributed by atoms with Gasteiger partial charge in [-0.25, -0.2) is 0 Å². The maximum Gasteiger partial charge on any atom is 0.229 e. The average Bonchev–Trinajstić information content (AvgIpc) is 3.03. The molecule has 2 heterocycles. The number of rotatable bonds is 6. The quantitative estimate of drug-likeness (QED) is 0.559. The minimum Gasteiger partial charge on any atom is -0.300 e. The Morgan fingerprint density at radius 3 is 2.77 bits per heavy atom. The molecule has 3 rings (SSSR count). The highest BCUT2D eigenvalue weighted by molar-refractivity contribution is 8.01. The van der Waals surface area contributed by atoms with E-state index in [1.54, 1.807) is 11.8 Å². The number of carbonyl (C=O) groups excluding carboxylic acids is 1. The molecule has 140 valence electrons. The molecule has 1 aliphatic heterocycles. The van der Waals surface area contributed by atoms with Gasteiger partial charge in [-0.15, -0.1) is 10.2 Å². The van der Waals surface area contributed by atoms with Crippen LogP contribution in [0.3, 0.4) is 0 Å². The topological polar surface area (TPSA) is 58.1 Å². The smallest absolute Gasteiger partial charge is 0.229 e. The van der Waals surface area contributed by atoms with E-state index in [4.69, 9.17) is 11.6 Å². The second-order valence-electron chi connectivity index (χ2n) is 6.67. The molecular formula is C18H23ClN4OS2. The van der Waals surface area contributed by atoms with Crippen LogP contribution in [0.4, 0.5) is 5.13 Å². The number of hydrogen-bond donors (Lipinski definition) is 1. The van der Waals surface area contributed by atoms with Crippen molar-refractivity contribution < 1.29 is 4.79 Å². The van der Waals surface area contributed by atoms with Crippen molar-refractivity contribution in [1.82, 2.24) is 15.1 Å². The zero-order valence-corrected chi connectivity index (χ0v) is 17.3. The van der Waals surface area contributed by atoms with Crippen molar-refractivity contribution in [3.8, 4) is 0 Å². The molecule has 26 heavy (non-hydrogen) atoms. The lowest BCUT2D eigenvalue weighted by atomic mass is 9.95. The number of nitrogens with zero attached hydrogens (tertiary/aromatic N) is 3. The Labute approximate surface area is 167 Å². The Kier molecular flexibility index (Phi) is 6.92. The zero-order chi connectivity index (χ0) is 18.5. The van der Waals surface area contributed by atoms with Gasteiger partial charge in [0.15, 0.2) is 4.34 Å². The number of benzene rings is 1. The number of thioether (sulfide) groups is 1. The fraction of sp³-hybridized carbons (Fsp3) is 0.500. The van der Waals surface area contributed by atoms with Gasteiger partial charge in [0.2, 0.25) is 11.0 Å². The lowest BCUT2D eigenvalue weighted by molar-refractivity contribution is -0.121. The van der Waals surface area contributed by atoms with Gasteiger partial charge in [0.1, 0.15) is 0 Å². The predicted molar refractivity (Wildman–Crippen MR) is 109 cm³/mol. The lowest BCUT2D eigenvalue weighted by Gasteiger charge is -2.31. The van der Waals surface area contributed by atoms with Crippen molar-refractivity contribution >= 4 is 45.7 Å². The highest BCUT2D eigenvalue weighted by atomic mass is 35.5. The fourth-order valence-electron chi connectivity index (χ4n) is 2.94. The number of anilines is 1. The summed E-state index contributed by atoms with van der Waals surface area (Å²) in [5.41, 5.74) is 1.14. The largest absolute Gasteiger partial charge is 0.300 e. The molecule has 5 nitrogen and oxygen atoms in total. The number of aromatic nitrogens is 2. The van der Waals surface area contributed by atoms with Gasteiger partial charge in [-0.1, -0.05) is 66.7 Å². The number of piperidine rings is 1. The predicted octanol–water partition coefficient (Wildman–Crippen LogP) is 4.54. The van der Waals surface area contributed by atoms with Crippen LogP contribution in [-0.4, -0.2) is 39.3 Å². The van der Waals surface area contributed by atoms with Crippen LogP contribution in [0.1, 0.15) is 32.3 Å². The number of likely N-dealkylation sites (tertiary alicyclic amines) is 1. The van der Waals surface area contributed by atoms with E-state index < -0.39 is 0 Å². The summed E-state index contributed by atoms with van der Waals surface area (Å²) in [5.74, 6) is 0.0854. The molecule has 0 saturated carbocycles. The molecule has 0 spiro atoms. The van der Waals surface area contributed by atoms with Crippen LogP contribution in [0.15, 0.2) is 28.6 Å². The Hall–Kier alpha value is -1.15. The maximum absolute atomic E-state index is 12.5. The summed E-state index contributed by atoms with van der Waals surface area (Å²) in [5, 5.41) is 13.0. The number of amides is 1. The molecule has 0 unspecified atom stereocenters. The van der Waals surface area contributed by atoms with Crippen molar-refractivity contribution in [1.29, 1.82) is 0 Å². The van der Waals surface area contributed by atoms with Gasteiger partial charge in [-0.05, 0) is 37.6 Å². The van der Waals surface area contributed by atoms with E-state index in [1.807, 2.05) is 18.2 Å². The Balaban J connectivity index is 1.47. The van der Waals surface area contributed by atoms with Crippen molar-refractivity contribution in [3.63, 3.8) is 0 Å². The van der Waals surface area contributed by atoms with Gasteiger partial charge in [-0.2, -0.15) is 0 Å². The van der Waals surface area contributed by atoms with Crippen molar-refractivity contribution in [3.05, 3.63) is 34.9 Å². The highest BCUT2D eigenvalue weighted by Crippen LogP contribution is 2.29.